The Labute approximate surface area is 82.4 Å². The van der Waals surface area contributed by atoms with E-state index in [0.29, 0.717) is 6.29 Å². The Morgan fingerprint density at radius 3 is 3.00 bits per heavy atom. The molecule has 0 aliphatic carbocycles. The number of nitrogens with zero attached hydrogens (tertiary/aromatic N) is 4. The van der Waals surface area contributed by atoms with Crippen molar-refractivity contribution >= 4 is 29.6 Å². The summed E-state index contributed by atoms with van der Waals surface area (Å²) in [5.74, 6) is -0.0319. The first-order valence-electron chi connectivity index (χ1n) is 3.95. The SMILES string of the molecule is Nc1nc2c(nnn2C=CC=O)c(=O)[nH]1. The van der Waals surface area contributed by atoms with Crippen molar-refractivity contribution in [1.29, 1.82) is 0 Å². The van der Waals surface area contributed by atoms with Gasteiger partial charge in [-0.05, 0) is 6.08 Å². The predicted octanol–water partition coefficient (Wildman–Crippen LogP) is -1.23. The van der Waals surface area contributed by atoms with Crippen LogP contribution in [0.25, 0.3) is 17.4 Å². The highest BCUT2D eigenvalue weighted by Crippen LogP contribution is 2.03. The van der Waals surface area contributed by atoms with Crippen LogP contribution in [0.5, 0.6) is 0 Å². The summed E-state index contributed by atoms with van der Waals surface area (Å²) in [6.07, 6.45) is 3.10. The average Bonchev–Trinajstić information content (AvgIpc) is 2.58. The van der Waals surface area contributed by atoms with E-state index in [9.17, 15) is 9.59 Å². The number of aromatic amines is 1. The summed E-state index contributed by atoms with van der Waals surface area (Å²) in [6.45, 7) is 0. The van der Waals surface area contributed by atoms with Gasteiger partial charge in [0.25, 0.3) is 5.56 Å². The Morgan fingerprint density at radius 1 is 1.47 bits per heavy atom. The van der Waals surface area contributed by atoms with Gasteiger partial charge in [-0.3, -0.25) is 14.6 Å². The smallest absolute Gasteiger partial charge is 0.282 e. The number of aldehydes is 1. The highest BCUT2D eigenvalue weighted by atomic mass is 16.1. The molecule has 76 valence electrons. The molecule has 2 aromatic rings. The summed E-state index contributed by atoms with van der Waals surface area (Å²) < 4.78 is 1.19. The number of aromatic nitrogens is 5. The molecule has 0 amide bonds. The largest absolute Gasteiger partial charge is 0.369 e. The van der Waals surface area contributed by atoms with Crippen molar-refractivity contribution in [2.45, 2.75) is 0 Å². The van der Waals surface area contributed by atoms with Gasteiger partial charge in [-0.1, -0.05) is 5.21 Å². The fraction of sp³-hybridized carbons (Fsp3) is 0. The van der Waals surface area contributed by atoms with Crippen molar-refractivity contribution in [3.63, 3.8) is 0 Å². The van der Waals surface area contributed by atoms with E-state index < -0.39 is 5.56 Å². The summed E-state index contributed by atoms with van der Waals surface area (Å²) in [5, 5.41) is 7.21. The van der Waals surface area contributed by atoms with Gasteiger partial charge >= 0.3 is 0 Å². The van der Waals surface area contributed by atoms with Crippen LogP contribution in [0.15, 0.2) is 10.9 Å². The molecule has 0 fully saturated rings. The molecule has 2 aromatic heterocycles. The number of carbonyl (C=O) groups excluding carboxylic acids is 1. The first-order chi connectivity index (χ1) is 7.22. The van der Waals surface area contributed by atoms with Gasteiger partial charge < -0.3 is 5.73 Å². The Balaban J connectivity index is 2.74. The molecule has 0 unspecified atom stereocenters. The second-order valence-corrected chi connectivity index (χ2v) is 2.63. The summed E-state index contributed by atoms with van der Waals surface area (Å²) in [5.41, 5.74) is 5.16. The third kappa shape index (κ3) is 1.47. The second kappa shape index (κ2) is 3.33. The van der Waals surface area contributed by atoms with Gasteiger partial charge in [-0.25, -0.2) is 4.68 Å². The molecule has 0 atom stereocenters. The Bertz CT molecular complexity index is 595. The number of rotatable bonds is 2. The number of anilines is 1. The van der Waals surface area contributed by atoms with Gasteiger partial charge in [0.05, 0.1) is 0 Å². The number of allylic oxidation sites excluding steroid dienone is 1. The number of nitrogens with two attached hydrogens (primary N) is 1. The number of hydrogen-bond donors (Lipinski definition) is 2. The highest BCUT2D eigenvalue weighted by molar-refractivity contribution is 5.75. The number of hydrogen-bond acceptors (Lipinski definition) is 6. The number of nitrogens with one attached hydrogen (secondary N) is 1. The maximum absolute atomic E-state index is 11.3. The van der Waals surface area contributed by atoms with Crippen LogP contribution in [0.3, 0.4) is 0 Å². The molecular formula is C7H6N6O2. The highest BCUT2D eigenvalue weighted by Gasteiger charge is 2.08. The number of fused-ring (bicyclic) bond motifs is 1. The number of H-pyrrole nitrogens is 1. The Hall–Kier alpha value is -2.51. The Morgan fingerprint density at radius 2 is 2.27 bits per heavy atom. The maximum atomic E-state index is 11.3. The lowest BCUT2D eigenvalue weighted by Gasteiger charge is -1.93. The standard InChI is InChI=1S/C7H6N6O2/c8-7-9-5-4(6(15)10-7)11-12-13(5)2-1-3-14/h1-3H,(H3,8,9,10,15). The van der Waals surface area contributed by atoms with Crippen molar-refractivity contribution in [1.82, 2.24) is 25.0 Å². The van der Waals surface area contributed by atoms with E-state index in [4.69, 9.17) is 5.73 Å². The molecule has 0 aromatic carbocycles. The minimum absolute atomic E-state index is 0.0319. The van der Waals surface area contributed by atoms with Crippen molar-refractivity contribution in [3.05, 3.63) is 16.4 Å². The monoisotopic (exact) mass is 206 g/mol. The van der Waals surface area contributed by atoms with Gasteiger partial charge in [0.2, 0.25) is 5.95 Å². The van der Waals surface area contributed by atoms with Crippen LogP contribution >= 0.6 is 0 Å². The van der Waals surface area contributed by atoms with Crippen LogP contribution in [0.2, 0.25) is 0 Å². The molecule has 0 saturated carbocycles. The minimum Gasteiger partial charge on any atom is -0.369 e. The molecular weight excluding hydrogens is 200 g/mol. The van der Waals surface area contributed by atoms with Gasteiger partial charge in [0.15, 0.2) is 11.2 Å². The third-order valence-electron chi connectivity index (χ3n) is 1.66. The van der Waals surface area contributed by atoms with E-state index >= 15 is 0 Å². The van der Waals surface area contributed by atoms with Crippen molar-refractivity contribution < 1.29 is 4.79 Å². The Kier molecular flexibility index (Phi) is 2.01. The zero-order valence-corrected chi connectivity index (χ0v) is 7.41. The molecule has 2 heterocycles. The number of nitrogen functional groups attached to an aromatic ring is 1. The van der Waals surface area contributed by atoms with Crippen molar-refractivity contribution in [2.75, 3.05) is 5.73 Å². The molecule has 0 aliphatic heterocycles. The van der Waals surface area contributed by atoms with Crippen molar-refractivity contribution in [3.8, 4) is 0 Å². The zero-order valence-electron chi connectivity index (χ0n) is 7.41. The fourth-order valence-electron chi connectivity index (χ4n) is 1.07. The van der Waals surface area contributed by atoms with Gasteiger partial charge in [-0.15, -0.1) is 5.10 Å². The fourth-order valence-corrected chi connectivity index (χ4v) is 1.07. The lowest BCUT2D eigenvalue weighted by Crippen LogP contribution is -2.11. The van der Waals surface area contributed by atoms with E-state index in [1.54, 1.807) is 0 Å². The van der Waals surface area contributed by atoms with Crippen LogP contribution < -0.4 is 11.3 Å². The van der Waals surface area contributed by atoms with E-state index in [0.717, 1.165) is 0 Å². The van der Waals surface area contributed by atoms with E-state index in [1.807, 2.05) is 0 Å². The van der Waals surface area contributed by atoms with Crippen LogP contribution in [0.1, 0.15) is 0 Å². The summed E-state index contributed by atoms with van der Waals surface area (Å²) in [7, 11) is 0. The van der Waals surface area contributed by atoms with Gasteiger partial charge in [0.1, 0.15) is 6.29 Å². The normalized spacial score (nSPS) is 11.2. The molecule has 2 rings (SSSR count). The maximum Gasteiger partial charge on any atom is 0.282 e. The third-order valence-corrected chi connectivity index (χ3v) is 1.66. The van der Waals surface area contributed by atoms with Crippen molar-refractivity contribution in [2.24, 2.45) is 0 Å². The first kappa shape index (κ1) is 9.06. The van der Waals surface area contributed by atoms with Crippen LogP contribution in [-0.4, -0.2) is 31.2 Å². The summed E-state index contributed by atoms with van der Waals surface area (Å²) in [4.78, 5) is 27.5. The lowest BCUT2D eigenvalue weighted by atomic mass is 10.5. The van der Waals surface area contributed by atoms with E-state index in [2.05, 4.69) is 20.3 Å². The summed E-state index contributed by atoms with van der Waals surface area (Å²) >= 11 is 0. The quantitative estimate of drug-likeness (QED) is 0.468. The molecule has 0 aliphatic rings. The second-order valence-electron chi connectivity index (χ2n) is 2.63. The molecule has 0 bridgehead atoms. The lowest BCUT2D eigenvalue weighted by molar-refractivity contribution is -0.104. The number of carbonyl (C=O) groups is 1. The topological polar surface area (TPSA) is 120 Å². The molecule has 3 N–H and O–H groups in total. The summed E-state index contributed by atoms with van der Waals surface area (Å²) in [6, 6.07) is 0. The average molecular weight is 206 g/mol. The zero-order chi connectivity index (χ0) is 10.8. The molecule has 0 radical (unpaired) electrons. The van der Waals surface area contributed by atoms with E-state index in [1.165, 1.54) is 17.0 Å². The molecule has 0 spiro atoms. The molecule has 8 heteroatoms. The van der Waals surface area contributed by atoms with Crippen LogP contribution in [0, 0.1) is 0 Å². The predicted molar refractivity (Wildman–Crippen MR) is 51.8 cm³/mol. The van der Waals surface area contributed by atoms with Crippen LogP contribution in [0.4, 0.5) is 5.95 Å². The minimum atomic E-state index is -0.469. The molecule has 8 nitrogen and oxygen atoms in total. The van der Waals surface area contributed by atoms with Gasteiger partial charge in [0, 0.05) is 6.20 Å². The first-order valence-corrected chi connectivity index (χ1v) is 3.95. The van der Waals surface area contributed by atoms with E-state index in [-0.39, 0.29) is 17.1 Å². The molecule has 15 heavy (non-hydrogen) atoms. The molecule has 0 saturated heterocycles. The van der Waals surface area contributed by atoms with Gasteiger partial charge in [-0.2, -0.15) is 4.98 Å². The van der Waals surface area contributed by atoms with Crippen LogP contribution in [-0.2, 0) is 4.79 Å².